The van der Waals surface area contributed by atoms with Gasteiger partial charge in [0.2, 0.25) is 0 Å². The van der Waals surface area contributed by atoms with Crippen molar-refractivity contribution in [1.82, 2.24) is 14.9 Å². The number of benzene rings is 2. The number of nitrogens with zero attached hydrogens (tertiary/aromatic N) is 4. The lowest BCUT2D eigenvalue weighted by molar-refractivity contribution is 0.0682. The average molecular weight is 508 g/mol. The van der Waals surface area contributed by atoms with Gasteiger partial charge in [0.1, 0.15) is 0 Å². The van der Waals surface area contributed by atoms with E-state index in [0.29, 0.717) is 55.6 Å². The molecule has 0 radical (unpaired) electrons. The number of urea groups is 1. The molecule has 5 rings (SSSR count). The molecule has 1 fully saturated rings. The summed E-state index contributed by atoms with van der Waals surface area (Å²) in [5.41, 5.74) is 3.83. The fourth-order valence-corrected chi connectivity index (χ4v) is 4.18. The lowest BCUT2D eigenvalue weighted by atomic mass is 10.2. The van der Waals surface area contributed by atoms with Crippen LogP contribution < -0.4 is 10.2 Å². The maximum absolute atomic E-state index is 13.3. The molecule has 192 valence electrons. The molecule has 0 spiro atoms. The SMILES string of the molecule is N=C(/N=C(\c1ccc[nH]1)N1CCOCC1)c1ccc(NC(=O)N(Cc2ccccc2)c2cccnc2)cc1. The first-order valence-electron chi connectivity index (χ1n) is 12.4. The highest BCUT2D eigenvalue weighted by Gasteiger charge is 2.19. The number of morpholine rings is 1. The van der Waals surface area contributed by atoms with Crippen LogP contribution in [0.2, 0.25) is 0 Å². The maximum Gasteiger partial charge on any atom is 0.326 e. The van der Waals surface area contributed by atoms with Gasteiger partial charge in [-0.2, -0.15) is 0 Å². The number of carbonyl (C=O) groups excluding carboxylic acids is 1. The van der Waals surface area contributed by atoms with Gasteiger partial charge in [0, 0.05) is 36.7 Å². The lowest BCUT2D eigenvalue weighted by Gasteiger charge is -2.29. The van der Waals surface area contributed by atoms with Gasteiger partial charge in [-0.1, -0.05) is 30.3 Å². The van der Waals surface area contributed by atoms with Gasteiger partial charge in [0.05, 0.1) is 37.3 Å². The second-order valence-electron chi connectivity index (χ2n) is 8.76. The first-order valence-corrected chi connectivity index (χ1v) is 12.4. The van der Waals surface area contributed by atoms with Crippen LogP contribution in [0.5, 0.6) is 0 Å². The third-order valence-electron chi connectivity index (χ3n) is 6.16. The molecule has 0 aliphatic carbocycles. The van der Waals surface area contributed by atoms with E-state index in [1.165, 1.54) is 0 Å². The zero-order chi connectivity index (χ0) is 26.2. The van der Waals surface area contributed by atoms with Crippen LogP contribution in [0, 0.1) is 5.41 Å². The van der Waals surface area contributed by atoms with Crippen LogP contribution in [0.25, 0.3) is 0 Å². The number of rotatable bonds is 6. The number of amidine groups is 2. The van der Waals surface area contributed by atoms with Gasteiger partial charge in [-0.25, -0.2) is 9.79 Å². The molecule has 3 N–H and O–H groups in total. The molecule has 0 atom stereocenters. The summed E-state index contributed by atoms with van der Waals surface area (Å²) >= 11 is 0. The van der Waals surface area contributed by atoms with E-state index in [0.717, 1.165) is 11.3 Å². The molecule has 0 bridgehead atoms. The summed E-state index contributed by atoms with van der Waals surface area (Å²) in [6, 6.07) is 24.2. The number of nitrogens with one attached hydrogen (secondary N) is 3. The molecule has 2 aromatic carbocycles. The molecule has 3 heterocycles. The van der Waals surface area contributed by atoms with Crippen LogP contribution in [-0.4, -0.2) is 58.9 Å². The molecule has 2 aromatic heterocycles. The maximum atomic E-state index is 13.3. The summed E-state index contributed by atoms with van der Waals surface area (Å²) in [4.78, 5) is 29.1. The van der Waals surface area contributed by atoms with E-state index in [1.54, 1.807) is 47.6 Å². The Hall–Kier alpha value is -4.76. The number of hydrogen-bond donors (Lipinski definition) is 3. The van der Waals surface area contributed by atoms with Crippen molar-refractivity contribution in [3.63, 3.8) is 0 Å². The standard InChI is InChI=1S/C29H29N7O2/c30-27(34-28(26-9-5-15-32-26)35-16-18-38-19-17-35)23-10-12-24(13-11-23)33-29(37)36(25-8-4-14-31-20-25)21-22-6-2-1-3-7-22/h1-15,20,30,32H,16-19,21H2,(H,33,37)/b30-27?,34-28+. The van der Waals surface area contributed by atoms with Crippen molar-refractivity contribution in [3.8, 4) is 0 Å². The van der Waals surface area contributed by atoms with Gasteiger partial charge in [0.15, 0.2) is 11.7 Å². The number of ether oxygens (including phenoxy) is 1. The fourth-order valence-electron chi connectivity index (χ4n) is 4.18. The van der Waals surface area contributed by atoms with E-state index in [-0.39, 0.29) is 11.9 Å². The quantitative estimate of drug-likeness (QED) is 0.258. The molecule has 0 unspecified atom stereocenters. The minimum Gasteiger partial charge on any atom is -0.378 e. The van der Waals surface area contributed by atoms with Gasteiger partial charge < -0.3 is 19.9 Å². The summed E-state index contributed by atoms with van der Waals surface area (Å²) in [5.74, 6) is 0.855. The third kappa shape index (κ3) is 6.13. The summed E-state index contributed by atoms with van der Waals surface area (Å²) in [6.45, 7) is 3.08. The van der Waals surface area contributed by atoms with Crippen molar-refractivity contribution < 1.29 is 9.53 Å². The van der Waals surface area contributed by atoms with Gasteiger partial charge in [-0.15, -0.1) is 0 Å². The number of aliphatic imine (C=N–C) groups is 1. The van der Waals surface area contributed by atoms with E-state index in [9.17, 15) is 4.79 Å². The van der Waals surface area contributed by atoms with Crippen molar-refractivity contribution in [2.75, 3.05) is 36.5 Å². The first kappa shape index (κ1) is 24.9. The Balaban J connectivity index is 1.31. The van der Waals surface area contributed by atoms with Crippen LogP contribution >= 0.6 is 0 Å². The number of carbonyl (C=O) groups is 1. The molecule has 1 aliphatic heterocycles. The summed E-state index contributed by atoms with van der Waals surface area (Å²) < 4.78 is 5.48. The van der Waals surface area contributed by atoms with Crippen molar-refractivity contribution in [1.29, 1.82) is 5.41 Å². The van der Waals surface area contributed by atoms with E-state index < -0.39 is 0 Å². The van der Waals surface area contributed by atoms with Gasteiger partial charge in [-0.05, 0) is 54.1 Å². The predicted molar refractivity (Wildman–Crippen MR) is 149 cm³/mol. The minimum absolute atomic E-state index is 0.139. The normalized spacial score (nSPS) is 13.7. The number of pyridine rings is 1. The van der Waals surface area contributed by atoms with E-state index in [2.05, 4.69) is 25.2 Å². The van der Waals surface area contributed by atoms with Crippen LogP contribution in [0.4, 0.5) is 16.2 Å². The molecule has 38 heavy (non-hydrogen) atoms. The smallest absolute Gasteiger partial charge is 0.326 e. The number of anilines is 2. The summed E-state index contributed by atoms with van der Waals surface area (Å²) in [7, 11) is 0. The molecule has 0 saturated carbocycles. The second-order valence-corrected chi connectivity index (χ2v) is 8.76. The molecule has 4 aromatic rings. The Morgan fingerprint density at radius 3 is 2.50 bits per heavy atom. The number of H-pyrrole nitrogens is 1. The van der Waals surface area contributed by atoms with E-state index in [1.807, 2.05) is 54.7 Å². The van der Waals surface area contributed by atoms with Gasteiger partial charge in [0.25, 0.3) is 0 Å². The van der Waals surface area contributed by atoms with E-state index in [4.69, 9.17) is 10.1 Å². The van der Waals surface area contributed by atoms with Gasteiger partial charge in [-0.3, -0.25) is 15.3 Å². The Labute approximate surface area is 221 Å². The van der Waals surface area contributed by atoms with Crippen molar-refractivity contribution in [2.45, 2.75) is 6.54 Å². The average Bonchev–Trinajstić information content (AvgIpc) is 3.51. The monoisotopic (exact) mass is 507 g/mol. The van der Waals surface area contributed by atoms with Crippen LogP contribution in [0.1, 0.15) is 16.8 Å². The Morgan fingerprint density at radius 1 is 1.03 bits per heavy atom. The predicted octanol–water partition coefficient (Wildman–Crippen LogP) is 4.75. The number of aromatic amines is 1. The number of aromatic nitrogens is 2. The summed E-state index contributed by atoms with van der Waals surface area (Å²) in [6.07, 6.45) is 5.19. The fraction of sp³-hybridized carbons (Fsp3) is 0.172. The topological polar surface area (TPSA) is 110 Å². The molecular formula is C29H29N7O2. The molecular weight excluding hydrogens is 478 g/mol. The molecule has 9 heteroatoms. The first-order chi connectivity index (χ1) is 18.7. The molecule has 2 amide bonds. The zero-order valence-electron chi connectivity index (χ0n) is 20.9. The number of hydrogen-bond acceptors (Lipinski definition) is 4. The molecule has 1 saturated heterocycles. The van der Waals surface area contributed by atoms with Crippen LogP contribution in [0.3, 0.4) is 0 Å². The highest BCUT2D eigenvalue weighted by atomic mass is 16.5. The highest BCUT2D eigenvalue weighted by molar-refractivity contribution is 6.10. The highest BCUT2D eigenvalue weighted by Crippen LogP contribution is 2.19. The molecule has 9 nitrogen and oxygen atoms in total. The second kappa shape index (κ2) is 12.0. The largest absolute Gasteiger partial charge is 0.378 e. The van der Waals surface area contributed by atoms with Crippen LogP contribution in [0.15, 0.2) is 102 Å². The van der Waals surface area contributed by atoms with E-state index >= 15 is 0 Å². The van der Waals surface area contributed by atoms with Crippen LogP contribution in [-0.2, 0) is 11.3 Å². The Kier molecular flexibility index (Phi) is 7.86. The molecule has 1 aliphatic rings. The van der Waals surface area contributed by atoms with Crippen molar-refractivity contribution in [3.05, 3.63) is 114 Å². The van der Waals surface area contributed by atoms with Crippen molar-refractivity contribution in [2.24, 2.45) is 4.99 Å². The van der Waals surface area contributed by atoms with Gasteiger partial charge >= 0.3 is 6.03 Å². The summed E-state index contributed by atoms with van der Waals surface area (Å²) in [5, 5.41) is 11.6. The minimum atomic E-state index is -0.274. The Bertz CT molecular complexity index is 1370. The zero-order valence-corrected chi connectivity index (χ0v) is 20.9. The van der Waals surface area contributed by atoms with Crippen molar-refractivity contribution >= 4 is 29.1 Å². The third-order valence-corrected chi connectivity index (χ3v) is 6.16. The lowest BCUT2D eigenvalue weighted by Crippen LogP contribution is -2.41. The number of amides is 2. The Morgan fingerprint density at radius 2 is 1.82 bits per heavy atom.